The molecule has 8 heteroatoms. The molecule has 0 N–H and O–H groups in total. The number of thioether (sulfide) groups is 1. The van der Waals surface area contributed by atoms with Crippen molar-refractivity contribution in [3.8, 4) is 5.69 Å². The van der Waals surface area contributed by atoms with Gasteiger partial charge in [-0.3, -0.25) is 4.79 Å². The molecule has 0 aliphatic carbocycles. The molecule has 0 radical (unpaired) electrons. The minimum absolute atomic E-state index is 0.0782. The zero-order valence-corrected chi connectivity index (χ0v) is 14.3. The average molecular weight is 369 g/mol. The van der Waals surface area contributed by atoms with Crippen LogP contribution in [0.2, 0.25) is 0 Å². The van der Waals surface area contributed by atoms with Gasteiger partial charge in [0.15, 0.2) is 14.1 Å². The second kappa shape index (κ2) is 6.82. The first kappa shape index (κ1) is 15.5. The molecule has 0 saturated carbocycles. The largest absolute Gasteiger partial charge is 0.292 e. The van der Waals surface area contributed by atoms with E-state index in [1.165, 1.54) is 46.6 Å². The fourth-order valence-corrected chi connectivity index (χ4v) is 4.70. The molecule has 0 amide bonds. The Morgan fingerprint density at radius 1 is 1.32 bits per heavy atom. The number of benzene rings is 1. The molecule has 22 heavy (non-hydrogen) atoms. The molecule has 0 fully saturated rings. The van der Waals surface area contributed by atoms with Gasteiger partial charge in [-0.25, -0.2) is 9.07 Å². The molecule has 112 valence electrons. The second-order valence-corrected chi connectivity index (χ2v) is 8.00. The predicted molar refractivity (Wildman–Crippen MR) is 91.6 cm³/mol. The summed E-state index contributed by atoms with van der Waals surface area (Å²) in [5, 5.41) is 6.27. The highest BCUT2D eigenvalue weighted by Crippen LogP contribution is 2.25. The van der Waals surface area contributed by atoms with E-state index in [4.69, 9.17) is 12.2 Å². The lowest BCUT2D eigenvalue weighted by molar-refractivity contribution is 0.102. The van der Waals surface area contributed by atoms with Crippen LogP contribution in [0, 0.1) is 9.77 Å². The van der Waals surface area contributed by atoms with E-state index < -0.39 is 0 Å². The van der Waals surface area contributed by atoms with Crippen LogP contribution in [0.5, 0.6) is 0 Å². The molecule has 3 nitrogen and oxygen atoms in total. The molecule has 3 rings (SSSR count). The van der Waals surface area contributed by atoms with Gasteiger partial charge in [-0.1, -0.05) is 29.2 Å². The zero-order chi connectivity index (χ0) is 15.5. The Balaban J connectivity index is 1.74. The number of carbonyl (C=O) groups excluding carboxylic acids is 1. The summed E-state index contributed by atoms with van der Waals surface area (Å²) in [6.45, 7) is 0. The Morgan fingerprint density at radius 2 is 2.09 bits per heavy atom. The van der Waals surface area contributed by atoms with E-state index in [0.29, 0.717) is 15.4 Å². The molecule has 2 heterocycles. The minimum atomic E-state index is -0.304. The fraction of sp³-hybridized carbons (Fsp3) is 0.0714. The highest BCUT2D eigenvalue weighted by Gasteiger charge is 2.11. The van der Waals surface area contributed by atoms with E-state index in [9.17, 15) is 9.18 Å². The predicted octanol–water partition coefficient (Wildman–Crippen LogP) is 4.84. The third-order valence-electron chi connectivity index (χ3n) is 2.72. The van der Waals surface area contributed by atoms with Crippen LogP contribution in [0.25, 0.3) is 5.69 Å². The van der Waals surface area contributed by atoms with Gasteiger partial charge in [-0.05, 0) is 47.9 Å². The molecule has 0 bridgehead atoms. The maximum atomic E-state index is 13.0. The molecule has 2 aromatic heterocycles. The van der Waals surface area contributed by atoms with Gasteiger partial charge in [-0.2, -0.15) is 0 Å². The smallest absolute Gasteiger partial charge is 0.184 e. The monoisotopic (exact) mass is 368 g/mol. The van der Waals surface area contributed by atoms with Gasteiger partial charge >= 0.3 is 0 Å². The summed E-state index contributed by atoms with van der Waals surface area (Å²) in [7, 11) is 0. The molecular weight excluding hydrogens is 359 g/mol. The number of nitrogens with zero attached hydrogens (tertiary/aromatic N) is 2. The van der Waals surface area contributed by atoms with Gasteiger partial charge in [0.2, 0.25) is 0 Å². The quantitative estimate of drug-likeness (QED) is 0.367. The van der Waals surface area contributed by atoms with Crippen molar-refractivity contribution >= 4 is 52.4 Å². The van der Waals surface area contributed by atoms with Crippen LogP contribution in [-0.4, -0.2) is 21.3 Å². The summed E-state index contributed by atoms with van der Waals surface area (Å²) in [5.74, 6) is 0.0998. The standard InChI is InChI=1S/C14H9FN2OS4/c15-9-3-5-10(6-4-9)17-14(19)22-13(16-17)21-8-11(18)12-2-1-7-20-12/h1-7H,8H2. The van der Waals surface area contributed by atoms with Crippen molar-refractivity contribution in [1.82, 2.24) is 9.78 Å². The van der Waals surface area contributed by atoms with Gasteiger partial charge in [0.05, 0.1) is 16.3 Å². The number of thiophene rings is 1. The molecule has 0 aliphatic rings. The Labute approximate surface area is 143 Å². The highest BCUT2D eigenvalue weighted by atomic mass is 32.2. The first-order valence-corrected chi connectivity index (χ1v) is 9.28. The summed E-state index contributed by atoms with van der Waals surface area (Å²) < 4.78 is 15.8. The van der Waals surface area contributed by atoms with Crippen molar-refractivity contribution < 1.29 is 9.18 Å². The van der Waals surface area contributed by atoms with Crippen LogP contribution in [0.15, 0.2) is 46.1 Å². The number of hydrogen-bond acceptors (Lipinski definition) is 6. The third-order valence-corrected chi connectivity index (χ3v) is 6.00. The molecule has 0 aliphatic heterocycles. The molecule has 0 unspecified atom stereocenters. The van der Waals surface area contributed by atoms with Gasteiger partial charge in [-0.15, -0.1) is 16.4 Å². The topological polar surface area (TPSA) is 34.9 Å². The Bertz CT molecular complexity index is 837. The minimum Gasteiger partial charge on any atom is -0.292 e. The number of ketones is 1. The lowest BCUT2D eigenvalue weighted by Gasteiger charge is -1.99. The van der Waals surface area contributed by atoms with Gasteiger partial charge in [0, 0.05) is 0 Å². The van der Waals surface area contributed by atoms with Crippen LogP contribution in [0.3, 0.4) is 0 Å². The molecular formula is C14H9FN2OS4. The van der Waals surface area contributed by atoms with Gasteiger partial charge in [0.1, 0.15) is 5.82 Å². The van der Waals surface area contributed by atoms with Crippen LogP contribution in [0.1, 0.15) is 9.67 Å². The van der Waals surface area contributed by atoms with Crippen molar-refractivity contribution in [2.24, 2.45) is 0 Å². The van der Waals surface area contributed by atoms with Crippen molar-refractivity contribution in [2.45, 2.75) is 4.34 Å². The first-order valence-electron chi connectivity index (χ1n) is 6.19. The highest BCUT2D eigenvalue weighted by molar-refractivity contribution is 8.01. The van der Waals surface area contributed by atoms with Gasteiger partial charge in [0.25, 0.3) is 0 Å². The van der Waals surface area contributed by atoms with E-state index in [1.807, 2.05) is 17.5 Å². The van der Waals surface area contributed by atoms with E-state index in [2.05, 4.69) is 5.10 Å². The number of halogens is 1. The fourth-order valence-electron chi connectivity index (χ4n) is 1.70. The number of rotatable bonds is 5. The summed E-state index contributed by atoms with van der Waals surface area (Å²) >= 11 is 9.41. The molecule has 0 atom stereocenters. The summed E-state index contributed by atoms with van der Waals surface area (Å²) in [6.07, 6.45) is 0. The lowest BCUT2D eigenvalue weighted by Crippen LogP contribution is -2.00. The van der Waals surface area contributed by atoms with Crippen LogP contribution in [0.4, 0.5) is 4.39 Å². The zero-order valence-electron chi connectivity index (χ0n) is 11.1. The Morgan fingerprint density at radius 3 is 2.77 bits per heavy atom. The summed E-state index contributed by atoms with van der Waals surface area (Å²) in [5.41, 5.74) is 0.707. The maximum absolute atomic E-state index is 13.0. The second-order valence-electron chi connectivity index (χ2n) is 4.21. The maximum Gasteiger partial charge on any atom is 0.184 e. The lowest BCUT2D eigenvalue weighted by atomic mass is 10.3. The van der Waals surface area contributed by atoms with Crippen molar-refractivity contribution in [3.63, 3.8) is 0 Å². The molecule has 1 aromatic carbocycles. The first-order chi connectivity index (χ1) is 10.6. The van der Waals surface area contributed by atoms with Crippen molar-refractivity contribution in [3.05, 3.63) is 56.4 Å². The number of aromatic nitrogens is 2. The van der Waals surface area contributed by atoms with E-state index in [0.717, 1.165) is 9.22 Å². The average Bonchev–Trinajstić information content (AvgIpc) is 3.15. The van der Waals surface area contributed by atoms with E-state index in [-0.39, 0.29) is 11.6 Å². The van der Waals surface area contributed by atoms with Crippen LogP contribution >= 0.6 is 46.7 Å². The summed E-state index contributed by atoms with van der Waals surface area (Å²) in [6, 6.07) is 9.64. The van der Waals surface area contributed by atoms with E-state index >= 15 is 0 Å². The number of hydrogen-bond donors (Lipinski definition) is 0. The SMILES string of the molecule is O=C(CSc1nn(-c2ccc(F)cc2)c(=S)s1)c1cccs1. The molecule has 3 aromatic rings. The van der Waals surface area contributed by atoms with Crippen LogP contribution < -0.4 is 0 Å². The molecule has 0 spiro atoms. The number of carbonyl (C=O) groups is 1. The summed E-state index contributed by atoms with van der Waals surface area (Å²) in [4.78, 5) is 12.7. The number of Topliss-reactive ketones (excluding diaryl/α,β-unsaturated/α-hetero) is 1. The normalized spacial score (nSPS) is 10.8. The molecule has 0 saturated heterocycles. The van der Waals surface area contributed by atoms with Gasteiger partial charge < -0.3 is 0 Å². The van der Waals surface area contributed by atoms with Crippen LogP contribution in [-0.2, 0) is 0 Å². The third kappa shape index (κ3) is 3.52. The van der Waals surface area contributed by atoms with Crippen molar-refractivity contribution in [1.29, 1.82) is 0 Å². The van der Waals surface area contributed by atoms with Crippen molar-refractivity contribution in [2.75, 3.05) is 5.75 Å². The Kier molecular flexibility index (Phi) is 4.82. The Hall–Kier alpha value is -1.35. The van der Waals surface area contributed by atoms with E-state index in [1.54, 1.807) is 16.8 Å².